The molecule has 16 heavy (non-hydrogen) atoms. The molecule has 0 aliphatic rings. The summed E-state index contributed by atoms with van der Waals surface area (Å²) in [7, 11) is 1.48. The number of nitrogens with zero attached hydrogens (tertiary/aromatic N) is 1. The molecule has 0 aliphatic heterocycles. The molecular weight excluding hydrogens is 202 g/mol. The maximum Gasteiger partial charge on any atom is 0.293 e. The largest absolute Gasteiger partial charge is 0.491 e. The fraction of sp³-hybridized carbons (Fsp3) is 0.154. The molecule has 1 rings (SSSR count). The Labute approximate surface area is 95.0 Å². The predicted molar refractivity (Wildman–Crippen MR) is 65.7 cm³/mol. The molecule has 0 aliphatic carbocycles. The quantitative estimate of drug-likeness (QED) is 0.708. The Morgan fingerprint density at radius 2 is 2.31 bits per heavy atom. The Bertz CT molecular complexity index is 469. The number of rotatable bonds is 5. The summed E-state index contributed by atoms with van der Waals surface area (Å²) >= 11 is 0. The normalized spacial score (nSPS) is 10.9. The summed E-state index contributed by atoms with van der Waals surface area (Å²) in [5.74, 6) is 0.338. The topological polar surface area (TPSA) is 31.2 Å². The van der Waals surface area contributed by atoms with Crippen molar-refractivity contribution in [1.29, 1.82) is 0 Å². The van der Waals surface area contributed by atoms with Gasteiger partial charge in [-0.05, 0) is 17.7 Å². The van der Waals surface area contributed by atoms with Crippen LogP contribution in [0.4, 0.5) is 0 Å². The zero-order valence-corrected chi connectivity index (χ0v) is 9.35. The molecule has 1 aromatic heterocycles. The fourth-order valence-electron chi connectivity index (χ4n) is 1.33. The molecule has 0 unspecified atom stereocenters. The Hall–Kier alpha value is -2.03. The van der Waals surface area contributed by atoms with Gasteiger partial charge in [0.2, 0.25) is 0 Å². The lowest BCUT2D eigenvalue weighted by Gasteiger charge is -2.07. The van der Waals surface area contributed by atoms with Crippen molar-refractivity contribution in [3.63, 3.8) is 0 Å². The van der Waals surface area contributed by atoms with Gasteiger partial charge in [-0.15, -0.1) is 0 Å². The minimum atomic E-state index is -0.151. The average Bonchev–Trinajstić information content (AvgIpc) is 2.31. The Balaban J connectivity index is 3.06. The number of methoxy groups -OCH3 is 1. The zero-order valence-electron chi connectivity index (χ0n) is 9.35. The molecule has 3 heteroatoms. The minimum absolute atomic E-state index is 0.151. The second-order valence-corrected chi connectivity index (χ2v) is 3.19. The van der Waals surface area contributed by atoms with E-state index >= 15 is 0 Å². The van der Waals surface area contributed by atoms with Gasteiger partial charge in [0.1, 0.15) is 0 Å². The molecule has 1 heterocycles. The van der Waals surface area contributed by atoms with E-state index in [1.807, 2.05) is 6.08 Å². The molecule has 3 nitrogen and oxygen atoms in total. The molecule has 0 N–H and O–H groups in total. The molecule has 1 aromatic rings. The van der Waals surface area contributed by atoms with Crippen molar-refractivity contribution < 1.29 is 4.74 Å². The van der Waals surface area contributed by atoms with Crippen LogP contribution in [0, 0.1) is 0 Å². The van der Waals surface area contributed by atoms with Crippen LogP contribution in [0.5, 0.6) is 5.75 Å². The van der Waals surface area contributed by atoms with Gasteiger partial charge in [0.25, 0.3) is 5.56 Å². The first kappa shape index (κ1) is 12.0. The molecule has 0 bridgehead atoms. The molecule has 0 aromatic carbocycles. The van der Waals surface area contributed by atoms with Gasteiger partial charge < -0.3 is 9.30 Å². The standard InChI is InChI=1S/C13H15NO2/c1-4-7-11(5-2)10-14-9-6-8-12(16-3)13(14)15/h4-9H,1-2,10H2,3H3/b11-7+. The van der Waals surface area contributed by atoms with Gasteiger partial charge in [0.15, 0.2) is 5.75 Å². The second kappa shape index (κ2) is 5.75. The Morgan fingerprint density at radius 3 is 2.88 bits per heavy atom. The van der Waals surface area contributed by atoms with E-state index in [1.165, 1.54) is 7.11 Å². The van der Waals surface area contributed by atoms with Crippen molar-refractivity contribution in [2.75, 3.05) is 7.11 Å². The highest BCUT2D eigenvalue weighted by Crippen LogP contribution is 2.04. The third-order valence-corrected chi connectivity index (χ3v) is 2.15. The van der Waals surface area contributed by atoms with Crippen LogP contribution in [0.15, 0.2) is 60.1 Å². The minimum Gasteiger partial charge on any atom is -0.491 e. The average molecular weight is 217 g/mol. The summed E-state index contributed by atoms with van der Waals surface area (Å²) in [6, 6.07) is 3.42. The molecule has 0 atom stereocenters. The highest BCUT2D eigenvalue weighted by molar-refractivity contribution is 5.23. The molecule has 0 saturated carbocycles. The first-order chi connectivity index (χ1) is 7.72. The van der Waals surface area contributed by atoms with E-state index < -0.39 is 0 Å². The summed E-state index contributed by atoms with van der Waals surface area (Å²) in [5, 5.41) is 0. The molecule has 0 spiro atoms. The SMILES string of the molecule is C=C/C=C(\C=C)Cn1cccc(OC)c1=O. The third kappa shape index (κ3) is 2.73. The summed E-state index contributed by atoms with van der Waals surface area (Å²) in [6.07, 6.45) is 6.90. The van der Waals surface area contributed by atoms with Crippen LogP contribution in [-0.2, 0) is 6.54 Å². The van der Waals surface area contributed by atoms with Crippen molar-refractivity contribution in [3.05, 3.63) is 65.6 Å². The van der Waals surface area contributed by atoms with Gasteiger partial charge in [-0.2, -0.15) is 0 Å². The number of hydrogen-bond acceptors (Lipinski definition) is 2. The van der Waals surface area contributed by atoms with Crippen LogP contribution in [-0.4, -0.2) is 11.7 Å². The number of pyridine rings is 1. The van der Waals surface area contributed by atoms with Crippen LogP contribution < -0.4 is 10.3 Å². The Kier molecular flexibility index (Phi) is 4.33. The molecule has 0 saturated heterocycles. The maximum atomic E-state index is 11.8. The fourth-order valence-corrected chi connectivity index (χ4v) is 1.33. The van der Waals surface area contributed by atoms with Gasteiger partial charge in [-0.3, -0.25) is 4.79 Å². The smallest absolute Gasteiger partial charge is 0.293 e. The summed E-state index contributed by atoms with van der Waals surface area (Å²) in [6.45, 7) is 7.76. The van der Waals surface area contributed by atoms with Crippen molar-refractivity contribution >= 4 is 0 Å². The van der Waals surface area contributed by atoms with Crippen molar-refractivity contribution in [1.82, 2.24) is 4.57 Å². The lowest BCUT2D eigenvalue weighted by molar-refractivity contribution is 0.403. The first-order valence-corrected chi connectivity index (χ1v) is 4.90. The van der Waals surface area contributed by atoms with Gasteiger partial charge in [0, 0.05) is 6.20 Å². The highest BCUT2D eigenvalue weighted by Gasteiger charge is 2.02. The first-order valence-electron chi connectivity index (χ1n) is 4.90. The number of ether oxygens (including phenoxy) is 1. The molecular formula is C13H15NO2. The van der Waals surface area contributed by atoms with E-state index in [-0.39, 0.29) is 5.56 Å². The number of aromatic nitrogens is 1. The van der Waals surface area contributed by atoms with Gasteiger partial charge >= 0.3 is 0 Å². The van der Waals surface area contributed by atoms with Crippen molar-refractivity contribution in [3.8, 4) is 5.75 Å². The van der Waals surface area contributed by atoms with Crippen molar-refractivity contribution in [2.45, 2.75) is 6.54 Å². The summed E-state index contributed by atoms with van der Waals surface area (Å²) in [5.41, 5.74) is 0.771. The second-order valence-electron chi connectivity index (χ2n) is 3.19. The van der Waals surface area contributed by atoms with E-state index in [1.54, 1.807) is 35.0 Å². The number of allylic oxidation sites excluding steroid dienone is 4. The van der Waals surface area contributed by atoms with Gasteiger partial charge in [-0.25, -0.2) is 0 Å². The monoisotopic (exact) mass is 217 g/mol. The third-order valence-electron chi connectivity index (χ3n) is 2.15. The predicted octanol–water partition coefficient (Wildman–Crippen LogP) is 2.16. The van der Waals surface area contributed by atoms with E-state index in [0.717, 1.165) is 5.57 Å². The van der Waals surface area contributed by atoms with Crippen LogP contribution in [0.25, 0.3) is 0 Å². The van der Waals surface area contributed by atoms with Crippen LogP contribution >= 0.6 is 0 Å². The summed E-state index contributed by atoms with van der Waals surface area (Å²) in [4.78, 5) is 11.8. The Morgan fingerprint density at radius 1 is 1.56 bits per heavy atom. The zero-order chi connectivity index (χ0) is 12.0. The molecule has 84 valence electrons. The van der Waals surface area contributed by atoms with E-state index in [9.17, 15) is 4.79 Å². The van der Waals surface area contributed by atoms with Crippen molar-refractivity contribution in [2.24, 2.45) is 0 Å². The van der Waals surface area contributed by atoms with E-state index in [2.05, 4.69) is 13.2 Å². The van der Waals surface area contributed by atoms with Gasteiger partial charge in [-0.1, -0.05) is 31.4 Å². The lowest BCUT2D eigenvalue weighted by atomic mass is 10.2. The molecule has 0 fully saturated rings. The van der Waals surface area contributed by atoms with Gasteiger partial charge in [0.05, 0.1) is 13.7 Å². The number of hydrogen-bond donors (Lipinski definition) is 0. The lowest BCUT2D eigenvalue weighted by Crippen LogP contribution is -2.21. The molecule has 0 radical (unpaired) electrons. The van der Waals surface area contributed by atoms with E-state index in [4.69, 9.17) is 4.74 Å². The van der Waals surface area contributed by atoms with E-state index in [0.29, 0.717) is 12.3 Å². The summed E-state index contributed by atoms with van der Waals surface area (Å²) < 4.78 is 6.53. The van der Waals surface area contributed by atoms with Crippen LogP contribution in [0.3, 0.4) is 0 Å². The highest BCUT2D eigenvalue weighted by atomic mass is 16.5. The molecule has 0 amide bonds. The van der Waals surface area contributed by atoms with Crippen LogP contribution in [0.2, 0.25) is 0 Å². The maximum absolute atomic E-state index is 11.8. The van der Waals surface area contributed by atoms with Crippen LogP contribution in [0.1, 0.15) is 0 Å².